The summed E-state index contributed by atoms with van der Waals surface area (Å²) in [5, 5.41) is 20.3. The van der Waals surface area contributed by atoms with Crippen LogP contribution in [0.4, 0.5) is 0 Å². The first-order valence-electron chi connectivity index (χ1n) is 7.08. The van der Waals surface area contributed by atoms with Crippen LogP contribution >= 0.6 is 0 Å². The van der Waals surface area contributed by atoms with Gasteiger partial charge in [0.1, 0.15) is 11.6 Å². The topological polar surface area (TPSA) is 78.1 Å². The first-order chi connectivity index (χ1) is 9.90. The lowest BCUT2D eigenvalue weighted by atomic mass is 10.1. The summed E-state index contributed by atoms with van der Waals surface area (Å²) in [5.41, 5.74) is 3.08. The Labute approximate surface area is 125 Å². The zero-order valence-electron chi connectivity index (χ0n) is 13.1. The van der Waals surface area contributed by atoms with Crippen molar-refractivity contribution in [1.82, 2.24) is 9.88 Å². The molecule has 1 heterocycles. The molecule has 0 aliphatic carbocycles. The van der Waals surface area contributed by atoms with E-state index in [2.05, 4.69) is 23.7 Å². The maximum atomic E-state index is 11.8. The monoisotopic (exact) mass is 289 g/mol. The summed E-state index contributed by atoms with van der Waals surface area (Å²) in [6.45, 7) is 9.21. The van der Waals surface area contributed by atoms with Gasteiger partial charge in [0, 0.05) is 24.5 Å². The van der Waals surface area contributed by atoms with Crippen molar-refractivity contribution >= 4 is 12.0 Å². The molecule has 0 aromatic carbocycles. The van der Waals surface area contributed by atoms with Crippen molar-refractivity contribution in [2.75, 3.05) is 13.2 Å². The van der Waals surface area contributed by atoms with Gasteiger partial charge in [-0.25, -0.2) is 0 Å². The van der Waals surface area contributed by atoms with E-state index in [4.69, 9.17) is 10.4 Å². The Morgan fingerprint density at radius 3 is 2.71 bits per heavy atom. The first kappa shape index (κ1) is 17.0. The predicted octanol–water partition coefficient (Wildman–Crippen LogP) is 1.78. The molecule has 5 heteroatoms. The molecule has 1 amide bonds. The number of nitrogens with one attached hydrogen (secondary N) is 1. The number of amides is 1. The summed E-state index contributed by atoms with van der Waals surface area (Å²) in [6, 6.07) is 3.89. The zero-order chi connectivity index (χ0) is 16.0. The van der Waals surface area contributed by atoms with Crippen LogP contribution in [0.15, 0.2) is 11.6 Å². The second-order valence-electron chi connectivity index (χ2n) is 5.48. The van der Waals surface area contributed by atoms with Crippen molar-refractivity contribution in [2.45, 2.75) is 34.2 Å². The maximum absolute atomic E-state index is 11.8. The molecule has 0 fully saturated rings. The Hall–Kier alpha value is -2.06. The van der Waals surface area contributed by atoms with E-state index < -0.39 is 5.91 Å². The van der Waals surface area contributed by atoms with Crippen LogP contribution in [0.25, 0.3) is 6.08 Å². The molecular formula is C16H23N3O2. The van der Waals surface area contributed by atoms with Crippen LogP contribution in [0, 0.1) is 31.1 Å². The lowest BCUT2D eigenvalue weighted by Crippen LogP contribution is -2.27. The smallest absolute Gasteiger partial charge is 0.262 e. The van der Waals surface area contributed by atoms with Gasteiger partial charge in [-0.05, 0) is 37.5 Å². The van der Waals surface area contributed by atoms with Gasteiger partial charge in [0.05, 0.1) is 6.61 Å². The molecule has 0 unspecified atom stereocenters. The third-order valence-electron chi connectivity index (χ3n) is 3.22. The van der Waals surface area contributed by atoms with Gasteiger partial charge in [-0.3, -0.25) is 4.79 Å². The molecule has 1 aromatic heterocycles. The Morgan fingerprint density at radius 2 is 2.19 bits per heavy atom. The molecule has 0 atom stereocenters. The van der Waals surface area contributed by atoms with Gasteiger partial charge in [-0.15, -0.1) is 0 Å². The predicted molar refractivity (Wildman–Crippen MR) is 82.4 cm³/mol. The van der Waals surface area contributed by atoms with Crippen LogP contribution in [0.2, 0.25) is 0 Å². The number of aliphatic hydroxyl groups is 1. The summed E-state index contributed by atoms with van der Waals surface area (Å²) in [4.78, 5) is 11.8. The zero-order valence-corrected chi connectivity index (χ0v) is 13.1. The molecule has 114 valence electrons. The minimum absolute atomic E-state index is 0.0493. The number of nitriles is 1. The summed E-state index contributed by atoms with van der Waals surface area (Å²) in [5.74, 6) is 0.0649. The number of aryl methyl sites for hydroxylation is 1. The van der Waals surface area contributed by atoms with Gasteiger partial charge in [0.15, 0.2) is 0 Å². The van der Waals surface area contributed by atoms with Crippen LogP contribution < -0.4 is 5.32 Å². The average molecular weight is 289 g/mol. The highest BCUT2D eigenvalue weighted by atomic mass is 16.3. The number of aliphatic hydroxyl groups excluding tert-OH is 1. The van der Waals surface area contributed by atoms with Crippen LogP contribution in [0.3, 0.4) is 0 Å². The van der Waals surface area contributed by atoms with E-state index in [0.717, 1.165) is 23.5 Å². The molecule has 0 radical (unpaired) electrons. The van der Waals surface area contributed by atoms with E-state index in [1.807, 2.05) is 26.0 Å². The average Bonchev–Trinajstić information content (AvgIpc) is 2.69. The largest absolute Gasteiger partial charge is 0.395 e. The number of carbonyl (C=O) groups excluding carboxylic acids is 1. The minimum Gasteiger partial charge on any atom is -0.395 e. The van der Waals surface area contributed by atoms with Crippen molar-refractivity contribution in [3.63, 3.8) is 0 Å². The molecule has 0 saturated carbocycles. The van der Waals surface area contributed by atoms with Gasteiger partial charge in [0.25, 0.3) is 5.91 Å². The number of hydrogen-bond donors (Lipinski definition) is 2. The molecule has 21 heavy (non-hydrogen) atoms. The molecule has 2 N–H and O–H groups in total. The number of nitrogens with zero attached hydrogens (tertiary/aromatic N) is 2. The fourth-order valence-corrected chi connectivity index (χ4v) is 2.19. The highest BCUT2D eigenvalue weighted by Gasteiger charge is 2.12. The normalized spacial score (nSPS) is 11.6. The maximum Gasteiger partial charge on any atom is 0.262 e. The molecule has 1 aromatic rings. The Bertz CT molecular complexity index is 577. The van der Waals surface area contributed by atoms with Gasteiger partial charge in [-0.1, -0.05) is 13.8 Å². The van der Waals surface area contributed by atoms with E-state index in [9.17, 15) is 4.79 Å². The van der Waals surface area contributed by atoms with Gasteiger partial charge in [-0.2, -0.15) is 5.26 Å². The van der Waals surface area contributed by atoms with Crippen LogP contribution in [-0.4, -0.2) is 28.7 Å². The molecule has 0 saturated heterocycles. The van der Waals surface area contributed by atoms with E-state index in [1.165, 1.54) is 0 Å². The van der Waals surface area contributed by atoms with Crippen LogP contribution in [0.1, 0.15) is 30.8 Å². The summed E-state index contributed by atoms with van der Waals surface area (Å²) < 4.78 is 2.19. The van der Waals surface area contributed by atoms with Crippen molar-refractivity contribution in [3.8, 4) is 6.07 Å². The van der Waals surface area contributed by atoms with Crippen LogP contribution in [0.5, 0.6) is 0 Å². The Morgan fingerprint density at radius 1 is 1.52 bits per heavy atom. The van der Waals surface area contributed by atoms with Gasteiger partial charge >= 0.3 is 0 Å². The highest BCUT2D eigenvalue weighted by molar-refractivity contribution is 6.01. The second-order valence-corrected chi connectivity index (χ2v) is 5.48. The van der Waals surface area contributed by atoms with Gasteiger partial charge < -0.3 is 15.0 Å². The summed E-state index contributed by atoms with van der Waals surface area (Å²) in [7, 11) is 0. The standard InChI is InChI=1S/C16H23N3O2/c1-11(2)10-19-12(3)7-14(13(19)4)8-15(9-17)16(21)18-5-6-20/h7-8,11,20H,5-6,10H2,1-4H3,(H,18,21)/b15-8-. The first-order valence-corrected chi connectivity index (χ1v) is 7.08. The molecule has 5 nitrogen and oxygen atoms in total. The third-order valence-corrected chi connectivity index (χ3v) is 3.22. The van der Waals surface area contributed by atoms with Crippen molar-refractivity contribution in [1.29, 1.82) is 5.26 Å². The van der Waals surface area contributed by atoms with E-state index in [0.29, 0.717) is 5.92 Å². The van der Waals surface area contributed by atoms with E-state index in [-0.39, 0.29) is 18.7 Å². The molecular weight excluding hydrogens is 266 g/mol. The summed E-state index contributed by atoms with van der Waals surface area (Å²) in [6.07, 6.45) is 1.60. The number of hydrogen-bond acceptors (Lipinski definition) is 3. The fourth-order valence-electron chi connectivity index (χ4n) is 2.19. The van der Waals surface area contributed by atoms with Crippen molar-refractivity contribution in [2.24, 2.45) is 5.92 Å². The molecule has 0 aliphatic rings. The molecule has 0 aliphatic heterocycles. The van der Waals surface area contributed by atoms with E-state index >= 15 is 0 Å². The fraction of sp³-hybridized carbons (Fsp3) is 0.500. The molecule has 1 rings (SSSR count). The molecule has 0 spiro atoms. The lowest BCUT2D eigenvalue weighted by molar-refractivity contribution is -0.117. The second kappa shape index (κ2) is 7.65. The third kappa shape index (κ3) is 4.47. The van der Waals surface area contributed by atoms with E-state index in [1.54, 1.807) is 6.08 Å². The quantitative estimate of drug-likeness (QED) is 0.619. The molecule has 0 bridgehead atoms. The summed E-state index contributed by atoms with van der Waals surface area (Å²) >= 11 is 0. The SMILES string of the molecule is Cc1cc(/C=C(/C#N)C(=O)NCCO)c(C)n1CC(C)C. The van der Waals surface area contributed by atoms with Crippen molar-refractivity contribution < 1.29 is 9.90 Å². The Kier molecular flexibility index (Phi) is 6.19. The minimum atomic E-state index is -0.458. The lowest BCUT2D eigenvalue weighted by Gasteiger charge is -2.12. The number of rotatable bonds is 6. The van der Waals surface area contributed by atoms with Crippen LogP contribution in [-0.2, 0) is 11.3 Å². The highest BCUT2D eigenvalue weighted by Crippen LogP contribution is 2.19. The van der Waals surface area contributed by atoms with Crippen molar-refractivity contribution in [3.05, 3.63) is 28.6 Å². The Balaban J connectivity index is 3.07. The number of carbonyl (C=O) groups is 1. The van der Waals surface area contributed by atoms with Gasteiger partial charge in [0.2, 0.25) is 0 Å². The number of aromatic nitrogens is 1.